The molecule has 1 amide bonds. The van der Waals surface area contributed by atoms with Crippen LogP contribution in [0.25, 0.3) is 11.1 Å². The van der Waals surface area contributed by atoms with Crippen LogP contribution < -0.4 is 30.7 Å². The van der Waals surface area contributed by atoms with Crippen LogP contribution in [0.15, 0.2) is 77.1 Å². The highest BCUT2D eigenvalue weighted by Crippen LogP contribution is 2.36. The molecule has 0 aliphatic carbocycles. The molecule has 0 spiro atoms. The van der Waals surface area contributed by atoms with E-state index >= 15 is 0 Å². The van der Waals surface area contributed by atoms with E-state index in [0.29, 0.717) is 51.2 Å². The summed E-state index contributed by atoms with van der Waals surface area (Å²) in [5.74, 6) is 6.69. The molecule has 3 aromatic carbocycles. The van der Waals surface area contributed by atoms with Crippen LogP contribution in [0.2, 0.25) is 5.02 Å². The molecule has 1 aliphatic heterocycles. The number of nitrogens with two attached hydrogens (primary N) is 1. The number of pyridine rings is 1. The zero-order chi connectivity index (χ0) is 45.4. The maximum Gasteiger partial charge on any atom is 0.278 e. The number of ether oxygens (including phenoxy) is 3. The van der Waals surface area contributed by atoms with Gasteiger partial charge < -0.3 is 35.6 Å². The minimum atomic E-state index is -4.42. The van der Waals surface area contributed by atoms with Crippen LogP contribution in [0.1, 0.15) is 39.8 Å². The van der Waals surface area contributed by atoms with Gasteiger partial charge >= 0.3 is 0 Å². The van der Waals surface area contributed by atoms with E-state index in [2.05, 4.69) is 55.4 Å². The molecule has 5 rings (SSSR count). The summed E-state index contributed by atoms with van der Waals surface area (Å²) >= 11 is 10.6. The second-order valence-corrected chi connectivity index (χ2v) is 18.0. The Morgan fingerprint density at radius 3 is 2.52 bits per heavy atom. The van der Waals surface area contributed by atoms with E-state index in [1.54, 1.807) is 42.6 Å². The molecule has 63 heavy (non-hydrogen) atoms. The van der Waals surface area contributed by atoms with Crippen LogP contribution in [0.5, 0.6) is 17.2 Å². The molecule has 0 radical (unpaired) electrons. The van der Waals surface area contributed by atoms with Gasteiger partial charge in [0, 0.05) is 81.6 Å². The summed E-state index contributed by atoms with van der Waals surface area (Å²) in [5, 5.41) is 19.4. The van der Waals surface area contributed by atoms with Crippen LogP contribution in [0, 0.1) is 25.2 Å². The van der Waals surface area contributed by atoms with Gasteiger partial charge in [0.15, 0.2) is 0 Å². The maximum atomic E-state index is 12.6. The Kier molecular flexibility index (Phi) is 18.6. The maximum absolute atomic E-state index is 12.6. The summed E-state index contributed by atoms with van der Waals surface area (Å²) in [7, 11) is -2.73. The fourth-order valence-corrected chi connectivity index (χ4v) is 7.41. The summed E-state index contributed by atoms with van der Waals surface area (Å²) in [5.41, 5.74) is 7.10. The first-order valence-corrected chi connectivity index (χ1v) is 22.7. The number of nitriles is 1. The number of carbonyl (C=O) groups excluding carboxylic acids is 1. The molecule has 336 valence electrons. The number of amides is 1. The normalized spacial score (nSPS) is 14.1. The number of benzene rings is 3. The lowest BCUT2D eigenvalue weighted by Gasteiger charge is -2.26. The van der Waals surface area contributed by atoms with E-state index in [-0.39, 0.29) is 39.5 Å². The summed E-state index contributed by atoms with van der Waals surface area (Å²) in [6.07, 6.45) is 5.70. The quantitative estimate of drug-likeness (QED) is 0.0179. The predicted octanol–water partition coefficient (Wildman–Crippen LogP) is 4.80. The number of thiol groups is 1. The third kappa shape index (κ3) is 14.9. The number of hydrogen-bond donors (Lipinski definition) is 5. The molecule has 2 heterocycles. The largest absolute Gasteiger partial charge is 0.488 e. The van der Waals surface area contributed by atoms with Crippen LogP contribution in [-0.4, -0.2) is 116 Å². The van der Waals surface area contributed by atoms with Gasteiger partial charge in [-0.3, -0.25) is 24.2 Å². The Morgan fingerprint density at radius 1 is 1.06 bits per heavy atom. The zero-order valence-electron chi connectivity index (χ0n) is 35.6. The lowest BCUT2D eigenvalue weighted by Crippen LogP contribution is -2.43. The van der Waals surface area contributed by atoms with E-state index in [0.717, 1.165) is 67.0 Å². The van der Waals surface area contributed by atoms with E-state index < -0.39 is 20.6 Å². The van der Waals surface area contributed by atoms with Gasteiger partial charge in [-0.1, -0.05) is 41.9 Å². The summed E-state index contributed by atoms with van der Waals surface area (Å²) < 4.78 is 49.1. The van der Waals surface area contributed by atoms with E-state index in [9.17, 15) is 18.5 Å². The summed E-state index contributed by atoms with van der Waals surface area (Å²) in [6.45, 7) is 10.1. The second kappa shape index (κ2) is 24.0. The number of likely N-dealkylation sites (N-methyl/N-ethyl adjacent to an activating group) is 1. The van der Waals surface area contributed by atoms with Crippen molar-refractivity contribution in [3.05, 3.63) is 105 Å². The third-order valence-corrected chi connectivity index (χ3v) is 12.4. The Bertz CT molecular complexity index is 2410. The minimum Gasteiger partial charge on any atom is -0.488 e. The standard InChI is InChI=1S/C44H54ClN9O7S2/c1-30-34(7-4-8-37(30)38-9-5-10-40(31(38)2)61-29-36(52-47)23-49-11-6-14-54-15-12-48-13-16-54)28-60-42-19-41(59-27-33-17-32(20-46)21-50-22-33)35(18-39(42)45)25-53(3)26-43(55)51-24-44(62)63(56,57)58/h4-5,7-10,17-19,21-23,44,48,62H,6,11-16,24-29,47H2,1-3H3,(H,51,55)(H,56,57,58). The predicted molar refractivity (Wildman–Crippen MR) is 248 cm³/mol. The Morgan fingerprint density at radius 2 is 1.79 bits per heavy atom. The fraction of sp³-hybridized carbons (Fsp3) is 0.386. The number of piperazine rings is 1. The Balaban J connectivity index is 1.27. The highest BCUT2D eigenvalue weighted by molar-refractivity contribution is 8.01. The number of nitrogens with zero attached hydrogens (tertiary/aromatic N) is 6. The van der Waals surface area contributed by atoms with E-state index in [1.165, 1.54) is 6.20 Å². The van der Waals surface area contributed by atoms with Gasteiger partial charge in [-0.05, 0) is 79.9 Å². The molecule has 1 unspecified atom stereocenters. The molecule has 0 bridgehead atoms. The highest BCUT2D eigenvalue weighted by Gasteiger charge is 2.21. The minimum absolute atomic E-state index is 0.0777. The number of halogens is 1. The third-order valence-electron chi connectivity index (χ3n) is 10.3. The number of hydrazone groups is 1. The molecule has 5 N–H and O–H groups in total. The fourth-order valence-electron chi connectivity index (χ4n) is 6.79. The van der Waals surface area contributed by atoms with E-state index in [4.69, 9.17) is 36.2 Å². The molecule has 0 saturated carbocycles. The first-order valence-electron chi connectivity index (χ1n) is 20.3. The molecule has 16 nitrogen and oxygen atoms in total. The molecular weight excluding hydrogens is 866 g/mol. The summed E-state index contributed by atoms with van der Waals surface area (Å²) in [6, 6.07) is 19.1. The van der Waals surface area contributed by atoms with Gasteiger partial charge in [-0.2, -0.15) is 31.4 Å². The van der Waals surface area contributed by atoms with Gasteiger partial charge in [0.1, 0.15) is 53.4 Å². The van der Waals surface area contributed by atoms with Crippen LogP contribution in [0.4, 0.5) is 0 Å². The molecule has 4 aromatic rings. The highest BCUT2D eigenvalue weighted by atomic mass is 35.5. The van der Waals surface area contributed by atoms with Crippen molar-refractivity contribution in [1.82, 2.24) is 25.4 Å². The van der Waals surface area contributed by atoms with Crippen molar-refractivity contribution in [1.29, 1.82) is 5.26 Å². The lowest BCUT2D eigenvalue weighted by molar-refractivity contribution is -0.121. The van der Waals surface area contributed by atoms with Crippen molar-refractivity contribution in [2.24, 2.45) is 15.9 Å². The molecule has 1 fully saturated rings. The van der Waals surface area contributed by atoms with Crippen molar-refractivity contribution in [3.63, 3.8) is 0 Å². The van der Waals surface area contributed by atoms with Crippen molar-refractivity contribution in [2.75, 3.05) is 66.0 Å². The number of hydrogen-bond acceptors (Lipinski definition) is 15. The smallest absolute Gasteiger partial charge is 0.278 e. The second-order valence-electron chi connectivity index (χ2n) is 15.0. The number of nitrogens with one attached hydrogen (secondary N) is 2. The van der Waals surface area contributed by atoms with Gasteiger partial charge in [0.2, 0.25) is 5.91 Å². The van der Waals surface area contributed by atoms with Gasteiger partial charge in [0.25, 0.3) is 10.1 Å². The first-order chi connectivity index (χ1) is 30.2. The molecule has 1 aliphatic rings. The average Bonchev–Trinajstić information content (AvgIpc) is 3.26. The van der Waals surface area contributed by atoms with Crippen molar-refractivity contribution < 1.29 is 32.0 Å². The van der Waals surface area contributed by atoms with Crippen molar-refractivity contribution in [3.8, 4) is 34.4 Å². The topological polar surface area (TPSA) is 217 Å². The summed E-state index contributed by atoms with van der Waals surface area (Å²) in [4.78, 5) is 25.4. The van der Waals surface area contributed by atoms with E-state index in [1.807, 2.05) is 44.2 Å². The number of aromatic nitrogens is 1. The van der Waals surface area contributed by atoms with Crippen LogP contribution >= 0.6 is 24.2 Å². The van der Waals surface area contributed by atoms with Gasteiger partial charge in [-0.25, -0.2) is 0 Å². The SMILES string of the molecule is Cc1c(COc2cc(OCc3cncc(C#N)c3)c(CN(C)CC(=O)NCC(S)S(=O)(=O)O)cc2Cl)cccc1-c1cccc(OCC(C=NCCCN2CCNCC2)=NN)c1C. The molecular formula is C44H54ClN9O7S2. The lowest BCUT2D eigenvalue weighted by atomic mass is 9.93. The van der Waals surface area contributed by atoms with Crippen molar-refractivity contribution >= 4 is 52.2 Å². The number of rotatable bonds is 22. The first kappa shape index (κ1) is 48.8. The Hall–Kier alpha value is -5.26. The molecule has 1 saturated heterocycles. The van der Waals surface area contributed by atoms with Gasteiger partial charge in [-0.15, -0.1) is 0 Å². The zero-order valence-corrected chi connectivity index (χ0v) is 38.1. The number of carbonyl (C=O) groups is 1. The monoisotopic (exact) mass is 919 g/mol. The van der Waals surface area contributed by atoms with Gasteiger partial charge in [0.05, 0.1) is 17.1 Å². The molecule has 1 aromatic heterocycles. The molecule has 19 heteroatoms. The number of aliphatic imine (C=N–C) groups is 1. The Labute approximate surface area is 379 Å². The van der Waals surface area contributed by atoms with Crippen LogP contribution in [0.3, 0.4) is 0 Å². The average molecular weight is 921 g/mol. The van der Waals surface area contributed by atoms with Crippen LogP contribution in [-0.2, 0) is 34.7 Å². The molecule has 1 atom stereocenters. The van der Waals surface area contributed by atoms with Crippen molar-refractivity contribution in [2.45, 2.75) is 44.6 Å².